The van der Waals surface area contributed by atoms with Gasteiger partial charge < -0.3 is 5.73 Å². The van der Waals surface area contributed by atoms with Crippen LogP contribution in [0.1, 0.15) is 17.3 Å². The van der Waals surface area contributed by atoms with Crippen LogP contribution in [0.15, 0.2) is 61.1 Å². The van der Waals surface area contributed by atoms with Crippen molar-refractivity contribution < 1.29 is 0 Å². The zero-order valence-electron chi connectivity index (χ0n) is 10.2. The fraction of sp³-hybridized carbons (Fsp3) is 0.0714. The molecule has 0 amide bonds. The number of hydrogen-bond acceptors (Lipinski definition) is 4. The molecule has 5 nitrogen and oxygen atoms in total. The van der Waals surface area contributed by atoms with Crippen LogP contribution in [0.2, 0.25) is 0 Å². The van der Waals surface area contributed by atoms with Crippen LogP contribution >= 0.6 is 0 Å². The first-order valence-electron chi connectivity index (χ1n) is 5.98. The lowest BCUT2D eigenvalue weighted by molar-refractivity contribution is 0.733. The molecule has 0 aliphatic heterocycles. The number of rotatable bonds is 3. The highest BCUT2D eigenvalue weighted by molar-refractivity contribution is 5.35. The summed E-state index contributed by atoms with van der Waals surface area (Å²) in [5.74, 6) is 0. The quantitative estimate of drug-likeness (QED) is 0.769. The predicted molar refractivity (Wildman–Crippen MR) is 71.6 cm³/mol. The Kier molecular flexibility index (Phi) is 3.04. The second kappa shape index (κ2) is 4.99. The summed E-state index contributed by atoms with van der Waals surface area (Å²) in [5.41, 5.74) is 9.08. The maximum atomic E-state index is 6.27. The molecule has 0 radical (unpaired) electrons. The third-order valence-electron chi connectivity index (χ3n) is 2.96. The zero-order valence-corrected chi connectivity index (χ0v) is 10.2. The molecule has 0 saturated carbocycles. The van der Waals surface area contributed by atoms with Crippen molar-refractivity contribution in [3.63, 3.8) is 0 Å². The molecule has 2 aromatic heterocycles. The number of nitrogens with two attached hydrogens (primary N) is 1. The van der Waals surface area contributed by atoms with Crippen molar-refractivity contribution in [3.8, 4) is 5.69 Å². The lowest BCUT2D eigenvalue weighted by Crippen LogP contribution is -2.17. The fourth-order valence-corrected chi connectivity index (χ4v) is 1.99. The van der Waals surface area contributed by atoms with Crippen LogP contribution in [0.5, 0.6) is 0 Å². The van der Waals surface area contributed by atoms with Gasteiger partial charge in [-0.25, -0.2) is 4.68 Å². The summed E-state index contributed by atoms with van der Waals surface area (Å²) in [5, 5.41) is 12.0. The van der Waals surface area contributed by atoms with Crippen LogP contribution in [0, 0.1) is 0 Å². The molecular weight excluding hydrogens is 238 g/mol. The highest BCUT2D eigenvalue weighted by atomic mass is 15.3. The van der Waals surface area contributed by atoms with Crippen molar-refractivity contribution in [2.75, 3.05) is 0 Å². The topological polar surface area (TPSA) is 69.6 Å². The first-order chi connectivity index (χ1) is 9.36. The number of nitrogens with zero attached hydrogens (tertiary/aromatic N) is 4. The molecule has 1 aromatic carbocycles. The maximum Gasteiger partial charge on any atom is 0.0744 e. The average molecular weight is 251 g/mol. The van der Waals surface area contributed by atoms with Gasteiger partial charge in [-0.1, -0.05) is 18.2 Å². The van der Waals surface area contributed by atoms with Crippen molar-refractivity contribution in [1.82, 2.24) is 20.0 Å². The molecule has 0 aliphatic carbocycles. The van der Waals surface area contributed by atoms with Gasteiger partial charge in [-0.05, 0) is 29.8 Å². The zero-order chi connectivity index (χ0) is 13.1. The molecule has 3 rings (SSSR count). The number of aromatic nitrogens is 4. The molecule has 19 heavy (non-hydrogen) atoms. The van der Waals surface area contributed by atoms with E-state index in [4.69, 9.17) is 5.73 Å². The molecule has 0 bridgehead atoms. The Morgan fingerprint density at radius 1 is 0.947 bits per heavy atom. The van der Waals surface area contributed by atoms with Crippen molar-refractivity contribution in [1.29, 1.82) is 0 Å². The Morgan fingerprint density at radius 3 is 2.53 bits per heavy atom. The summed E-state index contributed by atoms with van der Waals surface area (Å²) in [4.78, 5) is 0. The lowest BCUT2D eigenvalue weighted by Gasteiger charge is -2.14. The number of para-hydroxylation sites is 1. The van der Waals surface area contributed by atoms with Crippen LogP contribution in [0.25, 0.3) is 5.69 Å². The van der Waals surface area contributed by atoms with Crippen LogP contribution in [0.3, 0.4) is 0 Å². The van der Waals surface area contributed by atoms with Crippen LogP contribution in [-0.4, -0.2) is 20.0 Å². The third kappa shape index (κ3) is 2.23. The summed E-state index contributed by atoms with van der Waals surface area (Å²) >= 11 is 0. The highest BCUT2D eigenvalue weighted by Gasteiger charge is 2.15. The SMILES string of the molecule is NC(c1ccnnc1)c1ccnn1-c1ccccc1. The summed E-state index contributed by atoms with van der Waals surface area (Å²) in [6.07, 6.45) is 5.06. The van der Waals surface area contributed by atoms with Crippen molar-refractivity contribution >= 4 is 0 Å². The van der Waals surface area contributed by atoms with Gasteiger partial charge in [0.05, 0.1) is 23.6 Å². The molecule has 0 saturated heterocycles. The van der Waals surface area contributed by atoms with Gasteiger partial charge in [0.1, 0.15) is 0 Å². The van der Waals surface area contributed by atoms with Gasteiger partial charge in [-0.3, -0.25) is 0 Å². The van der Waals surface area contributed by atoms with E-state index in [-0.39, 0.29) is 6.04 Å². The second-order valence-electron chi connectivity index (χ2n) is 4.16. The molecule has 1 atom stereocenters. The third-order valence-corrected chi connectivity index (χ3v) is 2.96. The lowest BCUT2D eigenvalue weighted by atomic mass is 10.1. The van der Waals surface area contributed by atoms with E-state index in [0.29, 0.717) is 0 Å². The van der Waals surface area contributed by atoms with E-state index in [1.165, 1.54) is 0 Å². The highest BCUT2D eigenvalue weighted by Crippen LogP contribution is 2.20. The molecule has 0 spiro atoms. The summed E-state index contributed by atoms with van der Waals surface area (Å²) in [6.45, 7) is 0. The molecule has 1 unspecified atom stereocenters. The molecule has 2 N–H and O–H groups in total. The van der Waals surface area contributed by atoms with E-state index in [9.17, 15) is 0 Å². The average Bonchev–Trinajstić information content (AvgIpc) is 2.98. The summed E-state index contributed by atoms with van der Waals surface area (Å²) < 4.78 is 1.84. The Morgan fingerprint density at radius 2 is 1.79 bits per heavy atom. The van der Waals surface area contributed by atoms with Crippen molar-refractivity contribution in [3.05, 3.63) is 72.3 Å². The van der Waals surface area contributed by atoms with Gasteiger partial charge in [0.2, 0.25) is 0 Å². The Hall–Kier alpha value is -2.53. The number of hydrogen-bond donors (Lipinski definition) is 1. The molecular formula is C14H13N5. The Bertz CT molecular complexity index is 648. The monoisotopic (exact) mass is 251 g/mol. The van der Waals surface area contributed by atoms with Gasteiger partial charge in [-0.2, -0.15) is 15.3 Å². The van der Waals surface area contributed by atoms with E-state index in [2.05, 4.69) is 15.3 Å². The standard InChI is InChI=1S/C14H13N5/c15-14(11-6-8-16-17-10-11)13-7-9-18-19(13)12-4-2-1-3-5-12/h1-10,14H,15H2. The van der Waals surface area contributed by atoms with Crippen LogP contribution in [-0.2, 0) is 0 Å². The molecule has 94 valence electrons. The van der Waals surface area contributed by atoms with E-state index >= 15 is 0 Å². The van der Waals surface area contributed by atoms with E-state index in [1.54, 1.807) is 18.6 Å². The predicted octanol–water partition coefficient (Wildman–Crippen LogP) is 1.71. The number of benzene rings is 1. The van der Waals surface area contributed by atoms with Crippen LogP contribution in [0.4, 0.5) is 0 Å². The van der Waals surface area contributed by atoms with Gasteiger partial charge in [0.15, 0.2) is 0 Å². The summed E-state index contributed by atoms with van der Waals surface area (Å²) in [7, 11) is 0. The van der Waals surface area contributed by atoms with Crippen molar-refractivity contribution in [2.24, 2.45) is 5.73 Å². The minimum absolute atomic E-state index is 0.279. The van der Waals surface area contributed by atoms with Crippen molar-refractivity contribution in [2.45, 2.75) is 6.04 Å². The molecule has 5 heteroatoms. The van der Waals surface area contributed by atoms with E-state index in [1.807, 2.05) is 47.1 Å². The normalized spacial score (nSPS) is 12.3. The smallest absolute Gasteiger partial charge is 0.0744 e. The molecule has 0 fully saturated rings. The Labute approximate surface area is 110 Å². The fourth-order valence-electron chi connectivity index (χ4n) is 1.99. The Balaban J connectivity index is 2.01. The van der Waals surface area contributed by atoms with E-state index in [0.717, 1.165) is 16.9 Å². The molecule has 0 aliphatic rings. The van der Waals surface area contributed by atoms with Gasteiger partial charge in [0.25, 0.3) is 0 Å². The minimum atomic E-state index is -0.279. The van der Waals surface area contributed by atoms with E-state index < -0.39 is 0 Å². The van der Waals surface area contributed by atoms with Gasteiger partial charge in [-0.15, -0.1) is 0 Å². The first kappa shape index (κ1) is 11.6. The van der Waals surface area contributed by atoms with Gasteiger partial charge in [0, 0.05) is 12.4 Å². The largest absolute Gasteiger partial charge is 0.319 e. The van der Waals surface area contributed by atoms with Gasteiger partial charge >= 0.3 is 0 Å². The molecule has 3 aromatic rings. The first-order valence-corrected chi connectivity index (χ1v) is 5.98. The second-order valence-corrected chi connectivity index (χ2v) is 4.16. The molecule has 2 heterocycles. The summed E-state index contributed by atoms with van der Waals surface area (Å²) in [6, 6.07) is 13.4. The van der Waals surface area contributed by atoms with Crippen LogP contribution < -0.4 is 5.73 Å². The maximum absolute atomic E-state index is 6.27. The minimum Gasteiger partial charge on any atom is -0.319 e.